The van der Waals surface area contributed by atoms with Gasteiger partial charge in [-0.25, -0.2) is 9.37 Å². The van der Waals surface area contributed by atoms with Crippen LogP contribution in [0.4, 0.5) is 10.1 Å². The first-order valence-electron chi connectivity index (χ1n) is 10.5. The topological polar surface area (TPSA) is 70.5 Å². The van der Waals surface area contributed by atoms with E-state index >= 15 is 0 Å². The second kappa shape index (κ2) is 9.26. The van der Waals surface area contributed by atoms with Gasteiger partial charge in [0.15, 0.2) is 5.69 Å². The summed E-state index contributed by atoms with van der Waals surface area (Å²) < 4.78 is 15.4. The van der Waals surface area contributed by atoms with Crippen molar-refractivity contribution in [3.8, 4) is 0 Å². The molecule has 0 atom stereocenters. The average Bonchev–Trinajstić information content (AvgIpc) is 2.80. The summed E-state index contributed by atoms with van der Waals surface area (Å²) in [5.41, 5.74) is 1.47. The summed E-state index contributed by atoms with van der Waals surface area (Å²) in [6.45, 7) is 4.51. The molecule has 0 spiro atoms. The normalized spacial score (nSPS) is 14.7. The monoisotopic (exact) mass is 423 g/mol. The number of aromatic nitrogens is 2. The molecular formula is C23H26FN5O2. The Hall–Kier alpha value is -3.26. The number of nitrogens with one attached hydrogen (secondary N) is 1. The van der Waals surface area contributed by atoms with E-state index < -0.39 is 11.5 Å². The van der Waals surface area contributed by atoms with Crippen LogP contribution in [0.15, 0.2) is 53.3 Å². The van der Waals surface area contributed by atoms with E-state index in [4.69, 9.17) is 0 Å². The zero-order valence-electron chi connectivity index (χ0n) is 17.6. The fourth-order valence-electron chi connectivity index (χ4n) is 3.94. The number of anilines is 1. The molecule has 0 radical (unpaired) electrons. The SMILES string of the molecule is Cn1c(=O)c(C(=O)NCCCN2CCN(c3ccccc3F)CC2)nc2ccccc21. The van der Waals surface area contributed by atoms with Crippen molar-refractivity contribution < 1.29 is 9.18 Å². The number of amides is 1. The van der Waals surface area contributed by atoms with Gasteiger partial charge in [0.25, 0.3) is 11.5 Å². The lowest BCUT2D eigenvalue weighted by Gasteiger charge is -2.36. The van der Waals surface area contributed by atoms with E-state index in [9.17, 15) is 14.0 Å². The first-order valence-corrected chi connectivity index (χ1v) is 10.5. The Morgan fingerprint density at radius 2 is 1.77 bits per heavy atom. The van der Waals surface area contributed by atoms with E-state index in [1.807, 2.05) is 24.3 Å². The molecule has 4 rings (SSSR count). The standard InChI is InChI=1S/C23H26FN5O2/c1-27-20-10-5-3-8-18(20)26-21(23(27)31)22(30)25-11-6-12-28-13-15-29(16-14-28)19-9-4-2-7-17(19)24/h2-5,7-10H,6,11-16H2,1H3,(H,25,30). The van der Waals surface area contributed by atoms with Crippen molar-refractivity contribution in [2.45, 2.75) is 6.42 Å². The van der Waals surface area contributed by atoms with Crippen LogP contribution in [0.25, 0.3) is 11.0 Å². The van der Waals surface area contributed by atoms with Crippen molar-refractivity contribution >= 4 is 22.6 Å². The van der Waals surface area contributed by atoms with Crippen LogP contribution in [0.1, 0.15) is 16.9 Å². The van der Waals surface area contributed by atoms with Gasteiger partial charge in [0.1, 0.15) is 5.82 Å². The number of aryl methyl sites for hydroxylation is 1. The number of piperazine rings is 1. The zero-order chi connectivity index (χ0) is 21.8. The highest BCUT2D eigenvalue weighted by molar-refractivity contribution is 5.93. The molecule has 7 nitrogen and oxygen atoms in total. The van der Waals surface area contributed by atoms with Gasteiger partial charge >= 0.3 is 0 Å². The van der Waals surface area contributed by atoms with Crippen molar-refractivity contribution in [2.75, 3.05) is 44.2 Å². The highest BCUT2D eigenvalue weighted by atomic mass is 19.1. The quantitative estimate of drug-likeness (QED) is 0.615. The van der Waals surface area contributed by atoms with E-state index in [0.29, 0.717) is 23.3 Å². The van der Waals surface area contributed by atoms with Crippen LogP contribution >= 0.6 is 0 Å². The third-order valence-electron chi connectivity index (χ3n) is 5.70. The molecule has 31 heavy (non-hydrogen) atoms. The fourth-order valence-corrected chi connectivity index (χ4v) is 3.94. The van der Waals surface area contributed by atoms with Gasteiger partial charge in [0.05, 0.1) is 16.7 Å². The largest absolute Gasteiger partial charge is 0.367 e. The molecule has 1 aliphatic heterocycles. The first kappa shape index (κ1) is 21.0. The molecule has 0 aliphatic carbocycles. The molecule has 1 saturated heterocycles. The molecule has 0 bridgehead atoms. The number of nitrogens with zero attached hydrogens (tertiary/aromatic N) is 4. The van der Waals surface area contributed by atoms with Crippen LogP contribution in [0.2, 0.25) is 0 Å². The molecule has 162 valence electrons. The Kier molecular flexibility index (Phi) is 6.27. The van der Waals surface area contributed by atoms with Gasteiger partial charge in [-0.1, -0.05) is 24.3 Å². The van der Waals surface area contributed by atoms with E-state index in [1.165, 1.54) is 10.6 Å². The molecule has 0 unspecified atom stereocenters. The average molecular weight is 423 g/mol. The molecule has 1 aromatic heterocycles. The summed E-state index contributed by atoms with van der Waals surface area (Å²) in [4.78, 5) is 33.6. The van der Waals surface area contributed by atoms with E-state index in [0.717, 1.165) is 39.1 Å². The number of fused-ring (bicyclic) bond motifs is 1. The Bertz CT molecular complexity index is 1140. The van der Waals surface area contributed by atoms with Gasteiger partial charge in [-0.2, -0.15) is 0 Å². The van der Waals surface area contributed by atoms with E-state index in [-0.39, 0.29) is 11.5 Å². The minimum atomic E-state index is -0.448. The lowest BCUT2D eigenvalue weighted by atomic mass is 10.2. The van der Waals surface area contributed by atoms with Gasteiger partial charge in [-0.3, -0.25) is 14.5 Å². The van der Waals surface area contributed by atoms with E-state index in [1.54, 1.807) is 25.2 Å². The summed E-state index contributed by atoms with van der Waals surface area (Å²) in [6.07, 6.45) is 0.763. The second-order valence-corrected chi connectivity index (χ2v) is 7.70. The lowest BCUT2D eigenvalue weighted by Crippen LogP contribution is -2.47. The Balaban J connectivity index is 1.26. The maximum absolute atomic E-state index is 14.0. The molecule has 2 aromatic carbocycles. The van der Waals surface area contributed by atoms with Crippen LogP contribution < -0.4 is 15.8 Å². The fraction of sp³-hybridized carbons (Fsp3) is 0.348. The molecule has 0 saturated carbocycles. The first-order chi connectivity index (χ1) is 15.0. The highest BCUT2D eigenvalue weighted by Crippen LogP contribution is 2.20. The molecule has 1 aliphatic rings. The van der Waals surface area contributed by atoms with Gasteiger partial charge in [-0.05, 0) is 37.2 Å². The van der Waals surface area contributed by atoms with E-state index in [2.05, 4.69) is 20.1 Å². The third-order valence-corrected chi connectivity index (χ3v) is 5.70. The molecule has 1 N–H and O–H groups in total. The predicted octanol–water partition coefficient (Wildman–Crippen LogP) is 2.01. The minimum Gasteiger partial charge on any atom is -0.367 e. The number of hydrogen-bond donors (Lipinski definition) is 1. The molecule has 8 heteroatoms. The molecular weight excluding hydrogens is 397 g/mol. The highest BCUT2D eigenvalue weighted by Gasteiger charge is 2.19. The van der Waals surface area contributed by atoms with Crippen molar-refractivity contribution in [2.24, 2.45) is 7.05 Å². The number of carbonyl (C=O) groups is 1. The maximum atomic E-state index is 14.0. The van der Waals surface area contributed by atoms with Crippen molar-refractivity contribution in [1.29, 1.82) is 0 Å². The number of hydrogen-bond acceptors (Lipinski definition) is 5. The van der Waals surface area contributed by atoms with Gasteiger partial charge in [0, 0.05) is 39.8 Å². The summed E-state index contributed by atoms with van der Waals surface area (Å²) in [6, 6.07) is 14.1. The summed E-state index contributed by atoms with van der Waals surface area (Å²) in [5, 5.41) is 2.81. The van der Waals surface area contributed by atoms with Crippen molar-refractivity contribution in [3.63, 3.8) is 0 Å². The minimum absolute atomic E-state index is 0.0836. The van der Waals surface area contributed by atoms with Gasteiger partial charge < -0.3 is 14.8 Å². The lowest BCUT2D eigenvalue weighted by molar-refractivity contribution is 0.0944. The van der Waals surface area contributed by atoms with Crippen molar-refractivity contribution in [3.05, 3.63) is 70.4 Å². The Labute approximate surface area is 180 Å². The number of benzene rings is 2. The maximum Gasteiger partial charge on any atom is 0.282 e. The van der Waals surface area contributed by atoms with Gasteiger partial charge in [0.2, 0.25) is 0 Å². The molecule has 1 amide bonds. The Morgan fingerprint density at radius 3 is 2.55 bits per heavy atom. The Morgan fingerprint density at radius 1 is 1.06 bits per heavy atom. The molecule has 2 heterocycles. The van der Waals surface area contributed by atoms with Crippen molar-refractivity contribution in [1.82, 2.24) is 19.8 Å². The van der Waals surface area contributed by atoms with Crippen LogP contribution in [-0.4, -0.2) is 59.6 Å². The molecule has 1 fully saturated rings. The smallest absolute Gasteiger partial charge is 0.282 e. The van der Waals surface area contributed by atoms with Crippen LogP contribution in [0.3, 0.4) is 0 Å². The van der Waals surface area contributed by atoms with Crippen LogP contribution in [0.5, 0.6) is 0 Å². The molecule has 3 aromatic rings. The van der Waals surface area contributed by atoms with Crippen LogP contribution in [-0.2, 0) is 7.05 Å². The number of para-hydroxylation sites is 3. The summed E-state index contributed by atoms with van der Waals surface area (Å²) in [7, 11) is 1.64. The van der Waals surface area contributed by atoms with Gasteiger partial charge in [-0.15, -0.1) is 0 Å². The zero-order valence-corrected chi connectivity index (χ0v) is 17.6. The van der Waals surface area contributed by atoms with Crippen LogP contribution in [0, 0.1) is 5.82 Å². The second-order valence-electron chi connectivity index (χ2n) is 7.70. The summed E-state index contributed by atoms with van der Waals surface area (Å²) >= 11 is 0. The number of carbonyl (C=O) groups excluding carboxylic acids is 1. The number of halogens is 1. The number of rotatable bonds is 6. The summed E-state index contributed by atoms with van der Waals surface area (Å²) in [5.74, 6) is -0.636. The third kappa shape index (κ3) is 4.59. The predicted molar refractivity (Wildman–Crippen MR) is 119 cm³/mol.